The molecule has 1 amide bonds. The van der Waals surface area contributed by atoms with Crippen LogP contribution in [0, 0.1) is 17.2 Å². The van der Waals surface area contributed by atoms with Crippen molar-refractivity contribution < 1.29 is 4.79 Å². The van der Waals surface area contributed by atoms with Gasteiger partial charge in [0.25, 0.3) is 0 Å². The summed E-state index contributed by atoms with van der Waals surface area (Å²) < 4.78 is 0. The van der Waals surface area contributed by atoms with E-state index in [0.717, 1.165) is 11.4 Å². The Morgan fingerprint density at radius 2 is 2.12 bits per heavy atom. The first-order valence-electron chi connectivity index (χ1n) is 5.87. The van der Waals surface area contributed by atoms with Crippen LogP contribution in [0.5, 0.6) is 0 Å². The first-order valence-corrected chi connectivity index (χ1v) is 5.87. The molecule has 0 bridgehead atoms. The van der Waals surface area contributed by atoms with Crippen molar-refractivity contribution in [3.63, 3.8) is 0 Å². The van der Waals surface area contributed by atoms with Gasteiger partial charge >= 0.3 is 0 Å². The highest BCUT2D eigenvalue weighted by Gasteiger charge is 2.34. The second-order valence-electron chi connectivity index (χ2n) is 4.71. The highest BCUT2D eigenvalue weighted by Crippen LogP contribution is 2.38. The van der Waals surface area contributed by atoms with Crippen LogP contribution >= 0.6 is 0 Å². The lowest BCUT2D eigenvalue weighted by Crippen LogP contribution is -2.24. The Morgan fingerprint density at radius 3 is 2.82 bits per heavy atom. The van der Waals surface area contributed by atoms with Gasteiger partial charge in [-0.25, -0.2) is 0 Å². The Bertz CT molecular complexity index is 514. The standard InChI is InChI=1S/C13H13N3O/c14-7-8-1-4-10-12(5-8)15-11(9-2-3-9)6-13(17)16-10/h1,4-5,9,11,15H,2-3,6H2,(H,16,17). The van der Waals surface area contributed by atoms with Crippen LogP contribution in [0.25, 0.3) is 0 Å². The molecule has 1 aliphatic carbocycles. The third-order valence-corrected chi connectivity index (χ3v) is 3.36. The monoisotopic (exact) mass is 227 g/mol. The van der Waals surface area contributed by atoms with E-state index in [1.54, 1.807) is 18.2 Å². The maximum Gasteiger partial charge on any atom is 0.226 e. The molecule has 1 aliphatic heterocycles. The number of hydrogen-bond acceptors (Lipinski definition) is 3. The van der Waals surface area contributed by atoms with E-state index in [0.29, 0.717) is 17.9 Å². The second-order valence-corrected chi connectivity index (χ2v) is 4.71. The van der Waals surface area contributed by atoms with Crippen LogP contribution in [0.1, 0.15) is 24.8 Å². The number of nitriles is 1. The number of carbonyl (C=O) groups excluding carboxylic acids is 1. The highest BCUT2D eigenvalue weighted by atomic mass is 16.1. The molecule has 1 saturated carbocycles. The van der Waals surface area contributed by atoms with Crippen molar-refractivity contribution in [2.45, 2.75) is 25.3 Å². The van der Waals surface area contributed by atoms with Gasteiger partial charge < -0.3 is 10.6 Å². The summed E-state index contributed by atoms with van der Waals surface area (Å²) in [6, 6.07) is 7.64. The van der Waals surface area contributed by atoms with Crippen molar-refractivity contribution in [1.29, 1.82) is 5.26 Å². The molecule has 2 N–H and O–H groups in total. The average molecular weight is 227 g/mol. The van der Waals surface area contributed by atoms with Crippen LogP contribution in [0.3, 0.4) is 0 Å². The first-order chi connectivity index (χ1) is 8.26. The Kier molecular flexibility index (Phi) is 2.25. The molecule has 1 heterocycles. The lowest BCUT2D eigenvalue weighted by Gasteiger charge is -2.15. The summed E-state index contributed by atoms with van der Waals surface area (Å²) in [5.74, 6) is 0.662. The number of nitrogens with zero attached hydrogens (tertiary/aromatic N) is 1. The Hall–Kier alpha value is -2.02. The molecule has 1 aromatic carbocycles. The van der Waals surface area contributed by atoms with Crippen molar-refractivity contribution >= 4 is 17.3 Å². The molecule has 1 fully saturated rings. The number of carbonyl (C=O) groups is 1. The van der Waals surface area contributed by atoms with Gasteiger partial charge in [0, 0.05) is 12.5 Å². The van der Waals surface area contributed by atoms with Crippen LogP contribution in [0.4, 0.5) is 11.4 Å². The maximum atomic E-state index is 11.7. The van der Waals surface area contributed by atoms with E-state index in [-0.39, 0.29) is 11.9 Å². The fraction of sp³-hybridized carbons (Fsp3) is 0.385. The summed E-state index contributed by atoms with van der Waals surface area (Å²) in [5.41, 5.74) is 2.26. The molecular formula is C13H13N3O. The van der Waals surface area contributed by atoms with E-state index in [2.05, 4.69) is 16.7 Å². The van der Waals surface area contributed by atoms with Gasteiger partial charge in [0.1, 0.15) is 0 Å². The van der Waals surface area contributed by atoms with Crippen LogP contribution in [0.2, 0.25) is 0 Å². The number of rotatable bonds is 1. The number of benzene rings is 1. The summed E-state index contributed by atoms with van der Waals surface area (Å²) in [6.07, 6.45) is 2.90. The number of hydrogen-bond donors (Lipinski definition) is 2. The number of anilines is 2. The van der Waals surface area contributed by atoms with Gasteiger partial charge in [0.15, 0.2) is 0 Å². The molecule has 0 radical (unpaired) electrons. The quantitative estimate of drug-likeness (QED) is 0.772. The normalized spacial score (nSPS) is 22.8. The highest BCUT2D eigenvalue weighted by molar-refractivity contribution is 5.96. The predicted molar refractivity (Wildman–Crippen MR) is 64.5 cm³/mol. The molecule has 0 spiro atoms. The number of fused-ring (bicyclic) bond motifs is 1. The molecule has 2 aliphatic rings. The van der Waals surface area contributed by atoms with Crippen molar-refractivity contribution in [2.75, 3.05) is 10.6 Å². The minimum absolute atomic E-state index is 0.0536. The van der Waals surface area contributed by atoms with Gasteiger partial charge in [-0.1, -0.05) is 0 Å². The fourth-order valence-electron chi connectivity index (χ4n) is 2.28. The fourth-order valence-corrected chi connectivity index (χ4v) is 2.28. The average Bonchev–Trinajstić information content (AvgIpc) is 3.13. The van der Waals surface area contributed by atoms with Gasteiger partial charge in [0.05, 0.1) is 23.0 Å². The Labute approximate surface area is 99.6 Å². The third-order valence-electron chi connectivity index (χ3n) is 3.36. The third kappa shape index (κ3) is 1.96. The summed E-state index contributed by atoms with van der Waals surface area (Å²) in [4.78, 5) is 11.7. The molecule has 1 atom stereocenters. The van der Waals surface area contributed by atoms with Crippen LogP contribution in [-0.4, -0.2) is 11.9 Å². The molecule has 0 aromatic heterocycles. The van der Waals surface area contributed by atoms with Crippen molar-refractivity contribution in [1.82, 2.24) is 0 Å². The van der Waals surface area contributed by atoms with Gasteiger partial charge in [-0.05, 0) is 37.0 Å². The zero-order valence-electron chi connectivity index (χ0n) is 9.36. The van der Waals surface area contributed by atoms with Gasteiger partial charge in [-0.15, -0.1) is 0 Å². The largest absolute Gasteiger partial charge is 0.380 e. The van der Waals surface area contributed by atoms with Crippen molar-refractivity contribution in [2.24, 2.45) is 5.92 Å². The van der Waals surface area contributed by atoms with Crippen molar-refractivity contribution in [3.8, 4) is 6.07 Å². The molecule has 4 nitrogen and oxygen atoms in total. The van der Waals surface area contributed by atoms with Gasteiger partial charge in [-0.3, -0.25) is 4.79 Å². The summed E-state index contributed by atoms with van der Waals surface area (Å²) in [5, 5.41) is 15.2. The lowest BCUT2D eigenvalue weighted by atomic mass is 10.1. The van der Waals surface area contributed by atoms with E-state index in [9.17, 15) is 4.79 Å². The van der Waals surface area contributed by atoms with E-state index >= 15 is 0 Å². The second kappa shape index (κ2) is 3.77. The molecule has 1 aromatic rings. The molecule has 86 valence electrons. The van der Waals surface area contributed by atoms with Crippen molar-refractivity contribution in [3.05, 3.63) is 23.8 Å². The van der Waals surface area contributed by atoms with Crippen LogP contribution < -0.4 is 10.6 Å². The zero-order valence-corrected chi connectivity index (χ0v) is 9.36. The number of nitrogens with one attached hydrogen (secondary N) is 2. The molecule has 3 rings (SSSR count). The smallest absolute Gasteiger partial charge is 0.226 e. The Balaban J connectivity index is 1.96. The van der Waals surface area contributed by atoms with E-state index in [1.165, 1.54) is 12.8 Å². The molecule has 4 heteroatoms. The van der Waals surface area contributed by atoms with E-state index in [4.69, 9.17) is 5.26 Å². The van der Waals surface area contributed by atoms with Crippen LogP contribution in [0.15, 0.2) is 18.2 Å². The van der Waals surface area contributed by atoms with Gasteiger partial charge in [-0.2, -0.15) is 5.26 Å². The van der Waals surface area contributed by atoms with E-state index in [1.807, 2.05) is 0 Å². The van der Waals surface area contributed by atoms with Gasteiger partial charge in [0.2, 0.25) is 5.91 Å². The van der Waals surface area contributed by atoms with E-state index < -0.39 is 0 Å². The molecule has 1 unspecified atom stereocenters. The Morgan fingerprint density at radius 1 is 1.29 bits per heavy atom. The summed E-state index contributed by atoms with van der Waals surface area (Å²) in [7, 11) is 0. The minimum atomic E-state index is 0.0536. The summed E-state index contributed by atoms with van der Waals surface area (Å²) in [6.45, 7) is 0. The lowest BCUT2D eigenvalue weighted by molar-refractivity contribution is -0.116. The maximum absolute atomic E-state index is 11.7. The molecule has 0 saturated heterocycles. The predicted octanol–water partition coefficient (Wildman–Crippen LogP) is 2.09. The first kappa shape index (κ1) is 10.2. The molecule has 17 heavy (non-hydrogen) atoms. The SMILES string of the molecule is N#Cc1ccc2c(c1)NC(C1CC1)CC(=O)N2. The topological polar surface area (TPSA) is 64.9 Å². The van der Waals surface area contributed by atoms with Crippen LogP contribution in [-0.2, 0) is 4.79 Å². The summed E-state index contributed by atoms with van der Waals surface area (Å²) >= 11 is 0. The number of amides is 1. The molecular weight excluding hydrogens is 214 g/mol. The minimum Gasteiger partial charge on any atom is -0.380 e. The zero-order chi connectivity index (χ0) is 11.8.